The molecule has 2 atom stereocenters. The summed E-state index contributed by atoms with van der Waals surface area (Å²) in [7, 11) is 2.72. The van der Waals surface area contributed by atoms with Gasteiger partial charge in [0.05, 0.1) is 0 Å². The lowest BCUT2D eigenvalue weighted by atomic mass is 9.90. The molecular weight excluding hydrogens is 147 g/mol. The van der Waals surface area contributed by atoms with Gasteiger partial charge < -0.3 is 0 Å². The predicted molar refractivity (Wildman–Crippen MR) is 51.2 cm³/mol. The molecule has 0 N–H and O–H groups in total. The molecule has 0 nitrogen and oxygen atoms in total. The lowest BCUT2D eigenvalue weighted by Crippen LogP contribution is -2.24. The van der Waals surface area contributed by atoms with Crippen LogP contribution in [0.5, 0.6) is 0 Å². The first kappa shape index (κ1) is 9.52. The fourth-order valence-electron chi connectivity index (χ4n) is 0.683. The number of thiocarbonyl (C=S) groups is 1. The first-order valence-electron chi connectivity index (χ1n) is 3.15. The highest BCUT2D eigenvalue weighted by Crippen LogP contribution is 2.21. The monoisotopic (exact) mass is 162 g/mol. The minimum Gasteiger partial charge on any atom is -0.129 e. The highest BCUT2D eigenvalue weighted by atomic mass is 32.1. The van der Waals surface area contributed by atoms with Gasteiger partial charge in [0.25, 0.3) is 0 Å². The van der Waals surface area contributed by atoms with Crippen LogP contribution in [0, 0.1) is 5.41 Å². The van der Waals surface area contributed by atoms with E-state index in [1.54, 1.807) is 0 Å². The van der Waals surface area contributed by atoms with Gasteiger partial charge in [-0.2, -0.15) is 0 Å². The highest BCUT2D eigenvalue weighted by Gasteiger charge is 2.18. The lowest BCUT2D eigenvalue weighted by molar-refractivity contribution is 0.592. The van der Waals surface area contributed by atoms with Crippen molar-refractivity contribution in [1.82, 2.24) is 0 Å². The smallest absolute Gasteiger partial charge is 0.00478 e. The molecule has 0 aromatic heterocycles. The van der Waals surface area contributed by atoms with Crippen molar-refractivity contribution in [2.75, 3.05) is 0 Å². The van der Waals surface area contributed by atoms with E-state index in [4.69, 9.17) is 12.2 Å². The van der Waals surface area contributed by atoms with Gasteiger partial charge in [-0.25, -0.2) is 0 Å². The van der Waals surface area contributed by atoms with E-state index in [1.165, 1.54) is 0 Å². The zero-order valence-electron chi connectivity index (χ0n) is 6.56. The van der Waals surface area contributed by atoms with E-state index >= 15 is 0 Å². The van der Waals surface area contributed by atoms with Gasteiger partial charge in [0, 0.05) is 10.5 Å². The largest absolute Gasteiger partial charge is 0.129 e. The predicted octanol–water partition coefficient (Wildman–Crippen LogP) is 2.67. The molecule has 0 saturated heterocycles. The van der Waals surface area contributed by atoms with Gasteiger partial charge in [-0.15, -0.1) is 9.24 Å². The first-order chi connectivity index (χ1) is 3.85. The zero-order chi connectivity index (χ0) is 7.65. The fraction of sp³-hybridized carbons (Fsp3) is 0.857. The molecule has 0 saturated carbocycles. The summed E-state index contributed by atoms with van der Waals surface area (Å²) in [5.74, 6) is 0. The molecule has 0 amide bonds. The van der Waals surface area contributed by atoms with Crippen molar-refractivity contribution in [1.29, 1.82) is 0 Å². The Morgan fingerprint density at radius 1 is 1.44 bits per heavy atom. The molecule has 54 valence electrons. The summed E-state index contributed by atoms with van der Waals surface area (Å²) in [4.78, 5) is 1.13. The van der Waals surface area contributed by atoms with E-state index in [9.17, 15) is 0 Å². The molecule has 0 spiro atoms. The molecule has 0 aliphatic heterocycles. The van der Waals surface area contributed by atoms with E-state index in [0.29, 0.717) is 5.66 Å². The van der Waals surface area contributed by atoms with Gasteiger partial charge in [-0.3, -0.25) is 0 Å². The quantitative estimate of drug-likeness (QED) is 0.422. The Labute approximate surface area is 65.6 Å². The molecular formula is C7H15PS. The van der Waals surface area contributed by atoms with E-state index in [2.05, 4.69) is 36.9 Å². The second-order valence-corrected chi connectivity index (χ2v) is 4.84. The van der Waals surface area contributed by atoms with Crippen molar-refractivity contribution in [3.05, 3.63) is 0 Å². The molecule has 0 aliphatic carbocycles. The van der Waals surface area contributed by atoms with Crippen molar-refractivity contribution in [2.45, 2.75) is 33.4 Å². The first-order valence-corrected chi connectivity index (χ1v) is 4.23. The van der Waals surface area contributed by atoms with Crippen LogP contribution in [0.15, 0.2) is 0 Å². The van der Waals surface area contributed by atoms with Crippen LogP contribution in [0.2, 0.25) is 0 Å². The normalized spacial score (nSPS) is 15.2. The Hall–Kier alpha value is 0.520. The van der Waals surface area contributed by atoms with E-state index in [-0.39, 0.29) is 5.41 Å². The van der Waals surface area contributed by atoms with Crippen LogP contribution >= 0.6 is 21.5 Å². The maximum Gasteiger partial charge on any atom is 0.00478 e. The SMILES string of the molecule is CC(P)C(=S)C(C)(C)C. The summed E-state index contributed by atoms with van der Waals surface area (Å²) >= 11 is 5.19. The Kier molecular flexibility index (Phi) is 3.25. The van der Waals surface area contributed by atoms with Crippen LogP contribution in [0.4, 0.5) is 0 Å². The molecule has 0 fully saturated rings. The third kappa shape index (κ3) is 3.27. The molecule has 0 radical (unpaired) electrons. The van der Waals surface area contributed by atoms with Crippen LogP contribution in [0.3, 0.4) is 0 Å². The molecule has 9 heavy (non-hydrogen) atoms. The molecule has 0 heterocycles. The number of hydrogen-bond donors (Lipinski definition) is 0. The number of rotatable bonds is 1. The minimum atomic E-state index is 0.191. The summed E-state index contributed by atoms with van der Waals surface area (Å²) in [5.41, 5.74) is 0.649. The maximum atomic E-state index is 5.19. The summed E-state index contributed by atoms with van der Waals surface area (Å²) < 4.78 is 0. The topological polar surface area (TPSA) is 0 Å². The van der Waals surface area contributed by atoms with Gasteiger partial charge in [-0.05, 0) is 5.41 Å². The number of hydrogen-bond acceptors (Lipinski definition) is 1. The van der Waals surface area contributed by atoms with E-state index in [1.807, 2.05) is 0 Å². The van der Waals surface area contributed by atoms with Crippen molar-refractivity contribution >= 4 is 26.3 Å². The summed E-state index contributed by atoms with van der Waals surface area (Å²) in [6.45, 7) is 8.56. The van der Waals surface area contributed by atoms with Gasteiger partial charge in [-0.1, -0.05) is 39.9 Å². The molecule has 0 aromatic carbocycles. The molecule has 0 rings (SSSR count). The Balaban J connectivity index is 4.06. The lowest BCUT2D eigenvalue weighted by Gasteiger charge is -2.22. The van der Waals surface area contributed by atoms with Crippen LogP contribution in [0.25, 0.3) is 0 Å². The van der Waals surface area contributed by atoms with Gasteiger partial charge in [0.2, 0.25) is 0 Å². The van der Waals surface area contributed by atoms with Gasteiger partial charge in [0.1, 0.15) is 0 Å². The van der Waals surface area contributed by atoms with Crippen molar-refractivity contribution in [3.8, 4) is 0 Å². The third-order valence-electron chi connectivity index (χ3n) is 1.15. The van der Waals surface area contributed by atoms with Crippen LogP contribution in [-0.4, -0.2) is 10.5 Å². The van der Waals surface area contributed by atoms with Gasteiger partial charge >= 0.3 is 0 Å². The Bertz CT molecular complexity index is 111. The fourth-order valence-corrected chi connectivity index (χ4v) is 1.18. The molecule has 2 heteroatoms. The van der Waals surface area contributed by atoms with Crippen molar-refractivity contribution in [2.24, 2.45) is 5.41 Å². The van der Waals surface area contributed by atoms with E-state index in [0.717, 1.165) is 4.86 Å². The van der Waals surface area contributed by atoms with Crippen LogP contribution < -0.4 is 0 Å². The second kappa shape index (κ2) is 3.07. The summed E-state index contributed by atoms with van der Waals surface area (Å²) in [6, 6.07) is 0. The molecule has 0 aromatic rings. The average molecular weight is 162 g/mol. The standard InChI is InChI=1S/C7H15PS/c1-5(8)6(9)7(2,3)4/h5H,8H2,1-4H3. The molecule has 2 unspecified atom stereocenters. The Morgan fingerprint density at radius 2 is 1.78 bits per heavy atom. The zero-order valence-corrected chi connectivity index (χ0v) is 8.53. The Morgan fingerprint density at radius 3 is 1.78 bits per heavy atom. The summed E-state index contributed by atoms with van der Waals surface area (Å²) in [5, 5.41) is 0. The maximum absolute atomic E-state index is 5.19. The van der Waals surface area contributed by atoms with Gasteiger partial charge in [0.15, 0.2) is 0 Å². The molecule has 0 aliphatic rings. The second-order valence-electron chi connectivity index (χ2n) is 3.40. The molecule has 0 bridgehead atoms. The van der Waals surface area contributed by atoms with Crippen molar-refractivity contribution in [3.63, 3.8) is 0 Å². The third-order valence-corrected chi connectivity index (χ3v) is 2.71. The summed E-state index contributed by atoms with van der Waals surface area (Å²) in [6.07, 6.45) is 0. The van der Waals surface area contributed by atoms with Crippen LogP contribution in [-0.2, 0) is 0 Å². The minimum absolute atomic E-state index is 0.191. The highest BCUT2D eigenvalue weighted by molar-refractivity contribution is 7.81. The van der Waals surface area contributed by atoms with Crippen molar-refractivity contribution < 1.29 is 0 Å². The van der Waals surface area contributed by atoms with Crippen LogP contribution in [0.1, 0.15) is 27.7 Å². The average Bonchev–Trinajstić information content (AvgIpc) is 1.62. The van der Waals surface area contributed by atoms with E-state index < -0.39 is 0 Å².